The Kier molecular flexibility index (Phi) is 12.3. The molecule has 12 nitrogen and oxygen atoms in total. The number of rotatable bonds is 9. The summed E-state index contributed by atoms with van der Waals surface area (Å²) in [7, 11) is 1.65. The van der Waals surface area contributed by atoms with Crippen LogP contribution >= 0.6 is 28.4 Å². The predicted octanol–water partition coefficient (Wildman–Crippen LogP) is 4.32. The maximum absolute atomic E-state index is 13.8. The Labute approximate surface area is 238 Å². The fourth-order valence-electron chi connectivity index (χ4n) is 3.43. The van der Waals surface area contributed by atoms with Crippen LogP contribution in [0.25, 0.3) is 11.2 Å². The number of aliphatic imine (C=N–C) groups is 2. The Morgan fingerprint density at radius 1 is 1.36 bits per heavy atom. The van der Waals surface area contributed by atoms with E-state index in [2.05, 4.69) is 36.5 Å². The minimum absolute atomic E-state index is 0.0178. The van der Waals surface area contributed by atoms with Crippen molar-refractivity contribution in [2.75, 3.05) is 12.4 Å². The first-order valence-corrected chi connectivity index (χ1v) is 15.3. The number of pyridine rings is 1. The molecule has 0 aliphatic rings. The zero-order chi connectivity index (χ0) is 29.1. The Balaban J connectivity index is 0.00000170. The van der Waals surface area contributed by atoms with Crippen molar-refractivity contribution in [3.05, 3.63) is 53.6 Å². The molecule has 2 aromatic heterocycles. The van der Waals surface area contributed by atoms with Crippen LogP contribution in [0.5, 0.6) is 0 Å². The molecule has 0 spiro atoms. The van der Waals surface area contributed by atoms with Gasteiger partial charge in [0.1, 0.15) is 17.4 Å². The van der Waals surface area contributed by atoms with Crippen LogP contribution in [0.3, 0.4) is 0 Å². The number of hydrogen-bond donors (Lipinski definition) is 6. The van der Waals surface area contributed by atoms with E-state index in [0.29, 0.717) is 29.1 Å². The summed E-state index contributed by atoms with van der Waals surface area (Å²) in [5.41, 5.74) is 16.3. The molecular weight excluding hydrogens is 640 g/mol. The monoisotopic (exact) mass is 668 g/mol. The molecule has 2 heterocycles. The summed E-state index contributed by atoms with van der Waals surface area (Å²) < 4.78 is 28.9. The van der Waals surface area contributed by atoms with Crippen molar-refractivity contribution < 1.29 is 8.78 Å². The minimum atomic E-state index is -2.82. The van der Waals surface area contributed by atoms with Crippen molar-refractivity contribution in [2.45, 2.75) is 26.7 Å². The molecule has 0 bridgehead atoms. The maximum atomic E-state index is 13.8. The predicted molar refractivity (Wildman–Crippen MR) is 163 cm³/mol. The second-order valence-electron chi connectivity index (χ2n) is 7.53. The molecule has 16 heteroatoms. The number of hydrogen-bond acceptors (Lipinski definition) is 10. The largest absolute Gasteiger partial charge is 0.403 e. The number of anilines is 2. The maximum Gasteiger partial charge on any atom is 0.295 e. The number of imidazole rings is 1. The van der Waals surface area contributed by atoms with Gasteiger partial charge in [0.05, 0.1) is 17.8 Å². The quantitative estimate of drug-likeness (QED) is 0.0483. The van der Waals surface area contributed by atoms with Gasteiger partial charge in [-0.25, -0.2) is 23.7 Å². The fraction of sp³-hybridized carbons (Fsp3) is 0.217. The zero-order valence-electron chi connectivity index (χ0n) is 21.3. The Hall–Kier alpha value is -3.58. The van der Waals surface area contributed by atoms with E-state index in [4.69, 9.17) is 16.9 Å². The number of hydrazine groups is 1. The Morgan fingerprint density at radius 2 is 2.05 bits per heavy atom. The summed E-state index contributed by atoms with van der Waals surface area (Å²) in [5, 5.41) is 20.7. The van der Waals surface area contributed by atoms with Crippen LogP contribution in [0, 0.1) is 16.7 Å². The lowest BCUT2D eigenvalue weighted by atomic mass is 10.0. The number of nitrogens with zero attached hydrogens (tertiary/aromatic N) is 6. The molecule has 3 rings (SSSR count). The number of nitriles is 1. The van der Waals surface area contributed by atoms with E-state index >= 15 is 0 Å². The molecule has 0 radical (unpaired) electrons. The van der Waals surface area contributed by atoms with Crippen LogP contribution in [0.15, 0.2) is 46.7 Å². The molecule has 1 atom stereocenters. The van der Waals surface area contributed by atoms with E-state index in [1.54, 1.807) is 32.2 Å². The smallest absolute Gasteiger partial charge is 0.295 e. The van der Waals surface area contributed by atoms with Gasteiger partial charge in [-0.2, -0.15) is 5.26 Å². The molecule has 9 N–H and O–H groups in total. The second kappa shape index (κ2) is 15.1. The van der Waals surface area contributed by atoms with Crippen molar-refractivity contribution in [2.24, 2.45) is 27.3 Å². The highest BCUT2D eigenvalue weighted by Crippen LogP contribution is 2.39. The molecule has 0 saturated carbocycles. The van der Waals surface area contributed by atoms with E-state index in [1.807, 2.05) is 35.0 Å². The average Bonchev–Trinajstić information content (AvgIpc) is 3.29. The van der Waals surface area contributed by atoms with Crippen molar-refractivity contribution in [1.82, 2.24) is 19.7 Å². The lowest BCUT2D eigenvalue weighted by Crippen LogP contribution is -2.14. The van der Waals surface area contributed by atoms with Gasteiger partial charge in [-0.1, -0.05) is 19.1 Å². The van der Waals surface area contributed by atoms with Crippen molar-refractivity contribution in [3.8, 4) is 6.07 Å². The third-order valence-electron chi connectivity index (χ3n) is 5.03. The van der Waals surface area contributed by atoms with E-state index < -0.39 is 12.2 Å². The van der Waals surface area contributed by atoms with Crippen LogP contribution in [-0.4, -0.2) is 38.6 Å². The third-order valence-corrected chi connectivity index (χ3v) is 7.08. The van der Waals surface area contributed by atoms with Gasteiger partial charge in [0.2, 0.25) is 0 Å². The van der Waals surface area contributed by atoms with E-state index in [1.165, 1.54) is 22.8 Å². The molecule has 206 valence electrons. The van der Waals surface area contributed by atoms with E-state index in [0.717, 1.165) is 5.56 Å². The summed E-state index contributed by atoms with van der Waals surface area (Å²) >= 11 is 1.98. The molecular formula is C23H28F2IN12P. The van der Waals surface area contributed by atoms with Gasteiger partial charge < -0.3 is 16.8 Å². The lowest BCUT2D eigenvalue weighted by Gasteiger charge is -2.15. The Morgan fingerprint density at radius 3 is 2.59 bits per heavy atom. The van der Waals surface area contributed by atoms with Crippen LogP contribution in [0.1, 0.15) is 37.2 Å². The van der Waals surface area contributed by atoms with Crippen molar-refractivity contribution in [1.29, 1.82) is 10.7 Å². The first-order chi connectivity index (χ1) is 18.7. The summed E-state index contributed by atoms with van der Waals surface area (Å²) in [4.78, 5) is 17.0. The fourth-order valence-corrected chi connectivity index (χ4v) is 5.33. The van der Waals surface area contributed by atoms with Gasteiger partial charge in [-0.3, -0.25) is 26.0 Å². The number of nitrogens with one attached hydrogen (secondary N) is 3. The molecule has 0 aliphatic carbocycles. The molecule has 0 aliphatic heterocycles. The van der Waals surface area contributed by atoms with Crippen LogP contribution in [0.4, 0.5) is 26.0 Å². The third kappa shape index (κ3) is 7.73. The summed E-state index contributed by atoms with van der Waals surface area (Å²) in [6.07, 6.45) is 0.176. The molecule has 39 heavy (non-hydrogen) atoms. The highest BCUT2D eigenvalue weighted by Gasteiger charge is 2.23. The molecule has 0 fully saturated rings. The van der Waals surface area contributed by atoms with E-state index in [9.17, 15) is 14.0 Å². The van der Waals surface area contributed by atoms with Crippen molar-refractivity contribution >= 4 is 74.0 Å². The summed E-state index contributed by atoms with van der Waals surface area (Å²) in [5.74, 6) is 4.19. The molecule has 0 saturated heterocycles. The van der Waals surface area contributed by atoms with E-state index in [-0.39, 0.29) is 34.9 Å². The van der Waals surface area contributed by atoms with Gasteiger partial charge in [0.15, 0.2) is 23.0 Å². The highest BCUT2D eigenvalue weighted by molar-refractivity contribution is 14.2. The molecule has 3 aromatic rings. The SMILES string of the molecule is CCc1c(Nc2cc(N=C(C#N)C(C)=N/C=C/N)nc3c2nc(C(F)F)n3PI)cccc1C(=N)N.CNN. The van der Waals surface area contributed by atoms with Crippen LogP contribution < -0.4 is 28.1 Å². The summed E-state index contributed by atoms with van der Waals surface area (Å²) in [6, 6.07) is 8.77. The number of alkyl halides is 2. The Bertz CT molecular complexity index is 1460. The second-order valence-corrected chi connectivity index (χ2v) is 9.60. The summed E-state index contributed by atoms with van der Waals surface area (Å²) in [6.45, 7) is 3.51. The number of amidine groups is 1. The first-order valence-electron chi connectivity index (χ1n) is 11.3. The highest BCUT2D eigenvalue weighted by atomic mass is 127. The zero-order valence-corrected chi connectivity index (χ0v) is 24.5. The van der Waals surface area contributed by atoms with Crippen molar-refractivity contribution in [3.63, 3.8) is 0 Å². The van der Waals surface area contributed by atoms with Crippen LogP contribution in [-0.2, 0) is 6.42 Å². The van der Waals surface area contributed by atoms with Gasteiger partial charge in [-0.15, -0.1) is 0 Å². The minimum Gasteiger partial charge on any atom is -0.403 e. The topological polar surface area (TPSA) is 205 Å². The molecule has 1 aromatic carbocycles. The molecule has 1 unspecified atom stereocenters. The number of aromatic nitrogens is 3. The van der Waals surface area contributed by atoms with Gasteiger partial charge in [-0.05, 0) is 54.1 Å². The number of nitrogens with two attached hydrogens (primary N) is 3. The standard InChI is InChI=1S/C22H22F2IN10P.CH6N2/c1-3-12-13(20(28)29)5-4-6-14(12)31-15-9-17(32-16(10-27)11(2)30-8-7-26)33-21-18(15)34-22(19(23)24)35(21)36-25;1-3-2/h4-9,19,36H,3,26H2,1-2H3,(H3,28,29)(H,31,33);3H,2H2,1H3/b8-7+,30-11?,32-16?;. The van der Waals surface area contributed by atoms with Gasteiger partial charge >= 0.3 is 0 Å². The lowest BCUT2D eigenvalue weighted by molar-refractivity contribution is 0.140. The number of fused-ring (bicyclic) bond motifs is 1. The van der Waals surface area contributed by atoms with Gasteiger partial charge in [0, 0.05) is 29.7 Å². The van der Waals surface area contributed by atoms with Gasteiger partial charge in [0.25, 0.3) is 6.43 Å². The van der Waals surface area contributed by atoms with Crippen LogP contribution in [0.2, 0.25) is 0 Å². The average molecular weight is 668 g/mol. The first kappa shape index (κ1) is 31.6. The normalized spacial score (nSPS) is 12.3. The number of nitrogen functional groups attached to an aromatic ring is 1. The molecule has 0 amide bonds. The number of benzene rings is 1. The number of halogens is 3.